The molecule has 15 heteroatoms. The van der Waals surface area contributed by atoms with E-state index in [0.29, 0.717) is 32.1 Å². The number of carboxylic acids is 1. The quantitative estimate of drug-likeness (QED) is 0.0150. The van der Waals surface area contributed by atoms with Crippen LogP contribution < -0.4 is 5.73 Å². The van der Waals surface area contributed by atoms with Crippen molar-refractivity contribution in [2.45, 2.75) is 192 Å². The highest BCUT2D eigenvalue weighted by atomic mass is 31.2. The third-order valence-corrected chi connectivity index (χ3v) is 11.4. The molecule has 0 saturated heterocycles. The van der Waals surface area contributed by atoms with Crippen LogP contribution in [0.1, 0.15) is 162 Å². The fourth-order valence-electron chi connectivity index (χ4n) is 6.82. The maximum Gasteiger partial charge on any atom is 0.472 e. The largest absolute Gasteiger partial charge is 0.480 e. The molecule has 1 fully saturated rings. The summed E-state index contributed by atoms with van der Waals surface area (Å²) in [6.45, 7) is 2.44. The number of esters is 2. The molecule has 59 heavy (non-hydrogen) atoms. The lowest BCUT2D eigenvalue weighted by atomic mass is 9.89. The molecule has 1 saturated carbocycles. The number of phosphoric acid groups is 1. The molecule has 342 valence electrons. The second kappa shape index (κ2) is 34.2. The Morgan fingerprint density at radius 2 is 1.29 bits per heavy atom. The van der Waals surface area contributed by atoms with Gasteiger partial charge in [0.25, 0.3) is 0 Å². The van der Waals surface area contributed by atoms with Crippen LogP contribution in [-0.2, 0) is 37.5 Å². The van der Waals surface area contributed by atoms with Gasteiger partial charge in [0.2, 0.25) is 0 Å². The number of carbonyl (C=O) groups excluding carboxylic acids is 2. The van der Waals surface area contributed by atoms with Gasteiger partial charge in [-0.05, 0) is 63.7 Å². The van der Waals surface area contributed by atoms with Crippen molar-refractivity contribution in [1.82, 2.24) is 0 Å². The predicted octanol–water partition coefficient (Wildman–Crippen LogP) is 8.00. The van der Waals surface area contributed by atoms with Gasteiger partial charge in [-0.1, -0.05) is 121 Å². The van der Waals surface area contributed by atoms with Crippen molar-refractivity contribution in [3.8, 4) is 0 Å². The van der Waals surface area contributed by atoms with Gasteiger partial charge in [0.15, 0.2) is 6.10 Å². The van der Waals surface area contributed by atoms with Crippen molar-refractivity contribution >= 4 is 25.7 Å². The summed E-state index contributed by atoms with van der Waals surface area (Å²) in [6.07, 6.45) is 28.8. The van der Waals surface area contributed by atoms with Gasteiger partial charge in [-0.25, -0.2) is 4.57 Å². The Morgan fingerprint density at radius 3 is 1.95 bits per heavy atom. The van der Waals surface area contributed by atoms with E-state index in [2.05, 4.69) is 30.5 Å². The highest BCUT2D eigenvalue weighted by Gasteiger charge is 2.39. The fourth-order valence-corrected chi connectivity index (χ4v) is 7.60. The van der Waals surface area contributed by atoms with Gasteiger partial charge < -0.3 is 40.5 Å². The van der Waals surface area contributed by atoms with E-state index in [1.807, 2.05) is 18.2 Å². The monoisotopic (exact) mass is 860 g/mol. The Morgan fingerprint density at radius 1 is 0.729 bits per heavy atom. The van der Waals surface area contributed by atoms with Crippen molar-refractivity contribution in [2.75, 3.05) is 19.8 Å². The number of ether oxygens (including phenoxy) is 2. The molecule has 1 rings (SSSR count). The lowest BCUT2D eigenvalue weighted by molar-refractivity contribution is -0.161. The Kier molecular flexibility index (Phi) is 31.6. The summed E-state index contributed by atoms with van der Waals surface area (Å²) in [7, 11) is -4.79. The molecule has 0 radical (unpaired) electrons. The first kappa shape index (κ1) is 54.6. The van der Waals surface area contributed by atoms with Gasteiger partial charge in [-0.15, -0.1) is 0 Å². The number of allylic oxidation sites excluding steroid dienone is 4. The van der Waals surface area contributed by atoms with Gasteiger partial charge in [-0.2, -0.15) is 0 Å². The fraction of sp³-hybridized carbons (Fsp3) is 0.795. The number of hydrogen-bond donors (Lipinski definition) is 6. The molecule has 7 N–H and O–H groups in total. The van der Waals surface area contributed by atoms with Crippen LogP contribution in [0.25, 0.3) is 0 Å². The first-order valence-corrected chi connectivity index (χ1v) is 23.8. The molecule has 0 spiro atoms. The third-order valence-electron chi connectivity index (χ3n) is 10.4. The molecule has 0 amide bonds. The molecule has 14 nitrogen and oxygen atoms in total. The minimum Gasteiger partial charge on any atom is -0.480 e. The SMILES string of the molecule is CCCCCCCC/C=C\CCCCCCCC(=O)OC[C@H](COP(=O)(O)OC[C@H](N)C(=O)O)OC(=O)CCC/C=C/C[C@@H]1[C@@H](/C=C/[C@@H](O)CCCCC)[C@H](O)C[C@@H]1O. The van der Waals surface area contributed by atoms with Crippen LogP contribution in [0.3, 0.4) is 0 Å². The zero-order valence-corrected chi connectivity index (χ0v) is 36.8. The van der Waals surface area contributed by atoms with E-state index in [9.17, 15) is 39.2 Å². The topological polar surface area (TPSA) is 232 Å². The smallest absolute Gasteiger partial charge is 0.472 e. The third kappa shape index (κ3) is 28.7. The minimum atomic E-state index is -4.79. The molecule has 0 aliphatic heterocycles. The van der Waals surface area contributed by atoms with E-state index < -0.39 is 76.0 Å². The number of unbranched alkanes of at least 4 members (excludes halogenated alkanes) is 14. The Labute approximate surface area is 353 Å². The lowest BCUT2D eigenvalue weighted by Crippen LogP contribution is -2.34. The molecule has 8 atom stereocenters. The summed E-state index contributed by atoms with van der Waals surface area (Å²) >= 11 is 0. The Bertz CT molecular complexity index is 1260. The van der Waals surface area contributed by atoms with E-state index in [-0.39, 0.29) is 31.1 Å². The molecular weight excluding hydrogens is 781 g/mol. The van der Waals surface area contributed by atoms with Crippen LogP contribution in [-0.4, -0.2) is 93.5 Å². The number of carboxylic acid groups (broad SMARTS) is 1. The second-order valence-corrected chi connectivity index (χ2v) is 17.2. The van der Waals surface area contributed by atoms with E-state index in [4.69, 9.17) is 24.8 Å². The molecule has 1 aliphatic rings. The van der Waals surface area contributed by atoms with Crippen LogP contribution in [0.15, 0.2) is 36.5 Å². The normalized spacial score (nSPS) is 20.9. The maximum absolute atomic E-state index is 12.7. The van der Waals surface area contributed by atoms with Crippen molar-refractivity contribution in [3.63, 3.8) is 0 Å². The maximum atomic E-state index is 12.7. The average Bonchev–Trinajstić information content (AvgIpc) is 3.47. The summed E-state index contributed by atoms with van der Waals surface area (Å²) < 4.78 is 32.7. The van der Waals surface area contributed by atoms with Gasteiger partial charge in [0.05, 0.1) is 31.5 Å². The molecular formula is C44H78NO13P. The number of aliphatic hydroxyl groups excluding tert-OH is 3. The minimum absolute atomic E-state index is 0.0174. The number of hydrogen-bond acceptors (Lipinski definition) is 12. The average molecular weight is 860 g/mol. The van der Waals surface area contributed by atoms with Gasteiger partial charge in [0.1, 0.15) is 12.6 Å². The number of rotatable bonds is 37. The predicted molar refractivity (Wildman–Crippen MR) is 228 cm³/mol. The lowest BCUT2D eigenvalue weighted by Gasteiger charge is -2.20. The first-order chi connectivity index (χ1) is 28.3. The van der Waals surface area contributed by atoms with Gasteiger partial charge in [0, 0.05) is 25.2 Å². The van der Waals surface area contributed by atoms with Crippen LogP contribution in [0.2, 0.25) is 0 Å². The molecule has 0 bridgehead atoms. The summed E-state index contributed by atoms with van der Waals surface area (Å²) in [5, 5.41) is 40.2. The van der Waals surface area contributed by atoms with Crippen molar-refractivity contribution in [2.24, 2.45) is 17.6 Å². The van der Waals surface area contributed by atoms with Crippen LogP contribution in [0.5, 0.6) is 0 Å². The number of nitrogens with two attached hydrogens (primary N) is 1. The van der Waals surface area contributed by atoms with Gasteiger partial charge in [-0.3, -0.25) is 23.4 Å². The van der Waals surface area contributed by atoms with Crippen molar-refractivity contribution < 1.29 is 62.8 Å². The number of phosphoric ester groups is 1. The van der Waals surface area contributed by atoms with Crippen LogP contribution in [0, 0.1) is 11.8 Å². The summed E-state index contributed by atoms with van der Waals surface area (Å²) in [5.41, 5.74) is 5.33. The zero-order chi connectivity index (χ0) is 43.7. The van der Waals surface area contributed by atoms with Crippen LogP contribution >= 0.6 is 7.82 Å². The molecule has 1 aliphatic carbocycles. The van der Waals surface area contributed by atoms with E-state index in [0.717, 1.165) is 57.8 Å². The molecule has 1 unspecified atom stereocenters. The van der Waals surface area contributed by atoms with Crippen molar-refractivity contribution in [3.05, 3.63) is 36.5 Å². The first-order valence-electron chi connectivity index (χ1n) is 22.3. The van der Waals surface area contributed by atoms with E-state index in [1.165, 1.54) is 38.5 Å². The summed E-state index contributed by atoms with van der Waals surface area (Å²) in [6, 6.07) is -1.56. The van der Waals surface area contributed by atoms with E-state index >= 15 is 0 Å². The number of carbonyl (C=O) groups is 3. The summed E-state index contributed by atoms with van der Waals surface area (Å²) in [5.74, 6) is -3.10. The molecule has 0 aromatic rings. The Balaban J connectivity index is 2.52. The Hall–Kier alpha value is -2.42. The zero-order valence-electron chi connectivity index (χ0n) is 35.9. The molecule has 0 heterocycles. The standard InChI is InChI=1S/C44H78NO13P/c1-3-5-7-8-9-10-11-12-13-14-15-16-17-18-23-27-42(49)55-32-36(33-56-59(53,54)57-34-39(45)44(51)52)58-43(50)28-24-20-19-22-26-37-38(41(48)31-40(37)47)30-29-35(46)25-21-6-4-2/h12-13,19,22,29-30,35-41,46-48H,3-11,14-18,20-21,23-28,31-34,45H2,1-2H3,(H,51,52)(H,53,54)/b13-12-,22-19+,30-29+/t35-,36+,37+,38+,39-,40-,41+/m0/s1. The summed E-state index contributed by atoms with van der Waals surface area (Å²) in [4.78, 5) is 46.2. The van der Waals surface area contributed by atoms with Gasteiger partial charge >= 0.3 is 25.7 Å². The molecule has 0 aromatic heterocycles. The number of aliphatic carboxylic acids is 1. The van der Waals surface area contributed by atoms with E-state index in [1.54, 1.807) is 6.08 Å². The van der Waals surface area contributed by atoms with Crippen LogP contribution in [0.4, 0.5) is 0 Å². The number of aliphatic hydroxyl groups is 3. The second-order valence-electron chi connectivity index (χ2n) is 15.8. The highest BCUT2D eigenvalue weighted by molar-refractivity contribution is 7.47. The highest BCUT2D eigenvalue weighted by Crippen LogP contribution is 2.43. The molecule has 0 aromatic carbocycles. The van der Waals surface area contributed by atoms with Crippen molar-refractivity contribution in [1.29, 1.82) is 0 Å².